The zero-order valence-electron chi connectivity index (χ0n) is 21.3. The number of rotatable bonds is 8. The van der Waals surface area contributed by atoms with E-state index in [-0.39, 0.29) is 5.82 Å². The number of aromatic nitrogens is 4. The van der Waals surface area contributed by atoms with Crippen LogP contribution in [0.3, 0.4) is 0 Å². The Morgan fingerprint density at radius 2 is 1.87 bits per heavy atom. The summed E-state index contributed by atoms with van der Waals surface area (Å²) in [6, 6.07) is 12.4. The molecule has 0 saturated heterocycles. The first-order valence-electron chi connectivity index (χ1n) is 13.2. The zero-order valence-corrected chi connectivity index (χ0v) is 22.0. The Morgan fingerprint density at radius 3 is 2.59 bits per heavy atom. The average Bonchev–Trinajstić information content (AvgIpc) is 3.68. The van der Waals surface area contributed by atoms with Crippen molar-refractivity contribution in [2.75, 3.05) is 10.7 Å². The standard InChI is InChI=1S/C28H27BClFN8/c29-28(18-6-8-19(31)9-7-18,25-16-39(38-36-25)22-10-11-22)34-21-12-23-26(37-35-20-4-2-1-3-5-20)17(14-32)15-33-27(23)24(30)13-21/h6-9,12-13,15-16,20,22,34-35H,1-5,10-11H2,(H,33,37). The summed E-state index contributed by atoms with van der Waals surface area (Å²) in [5.74, 6) is -0.368. The molecule has 3 N–H and O–H groups in total. The Hall–Kier alpha value is -3.68. The molecule has 11 heteroatoms. The van der Waals surface area contributed by atoms with Crippen molar-refractivity contribution in [1.82, 2.24) is 25.4 Å². The molecule has 2 aliphatic rings. The third-order valence-corrected chi connectivity index (χ3v) is 7.82. The molecule has 6 rings (SSSR count). The first-order chi connectivity index (χ1) is 18.9. The molecule has 0 bridgehead atoms. The van der Waals surface area contributed by atoms with Crippen molar-refractivity contribution in [2.24, 2.45) is 0 Å². The minimum absolute atomic E-state index is 0.314. The smallest absolute Gasteiger partial charge is 0.123 e. The highest BCUT2D eigenvalue weighted by atomic mass is 35.5. The lowest BCUT2D eigenvalue weighted by molar-refractivity contribution is 0.393. The van der Waals surface area contributed by atoms with E-state index < -0.39 is 5.44 Å². The number of nitriles is 1. The van der Waals surface area contributed by atoms with Crippen LogP contribution in [-0.2, 0) is 5.44 Å². The summed E-state index contributed by atoms with van der Waals surface area (Å²) in [4.78, 5) is 4.45. The van der Waals surface area contributed by atoms with Crippen LogP contribution in [-0.4, -0.2) is 33.9 Å². The molecule has 8 nitrogen and oxygen atoms in total. The highest BCUT2D eigenvalue weighted by Gasteiger charge is 2.34. The normalized spacial score (nSPS) is 17.5. The molecular weight excluding hydrogens is 514 g/mol. The molecule has 1 atom stereocenters. The van der Waals surface area contributed by atoms with Gasteiger partial charge in [0, 0.05) is 23.3 Å². The summed E-state index contributed by atoms with van der Waals surface area (Å²) in [5.41, 5.74) is 8.56. The van der Waals surface area contributed by atoms with E-state index in [2.05, 4.69) is 37.5 Å². The molecule has 2 fully saturated rings. The average molecular weight is 541 g/mol. The van der Waals surface area contributed by atoms with Gasteiger partial charge in [0.25, 0.3) is 0 Å². The van der Waals surface area contributed by atoms with E-state index in [1.54, 1.807) is 18.2 Å². The number of hydrogen-bond donors (Lipinski definition) is 3. The molecule has 1 unspecified atom stereocenters. The molecule has 196 valence electrons. The van der Waals surface area contributed by atoms with Crippen molar-refractivity contribution in [3.8, 4) is 6.07 Å². The van der Waals surface area contributed by atoms with Crippen LogP contribution in [0.15, 0.2) is 48.8 Å². The third kappa shape index (κ3) is 5.17. The molecule has 2 aliphatic carbocycles. The maximum Gasteiger partial charge on any atom is 0.123 e. The third-order valence-electron chi connectivity index (χ3n) is 7.53. The summed E-state index contributed by atoms with van der Waals surface area (Å²) < 4.78 is 15.6. The Morgan fingerprint density at radius 1 is 1.10 bits per heavy atom. The van der Waals surface area contributed by atoms with Crippen molar-refractivity contribution >= 4 is 41.7 Å². The summed E-state index contributed by atoms with van der Waals surface area (Å²) in [5, 5.41) is 22.9. The molecular formula is C28H27BClFN8. The van der Waals surface area contributed by atoms with Crippen LogP contribution < -0.4 is 16.2 Å². The SMILES string of the molecule is [B]C(Nc1cc(Cl)c2ncc(C#N)c(NNC3CCCCC3)c2c1)(c1ccc(F)cc1)c1cn(C2CC2)nn1. The van der Waals surface area contributed by atoms with Crippen LogP contribution in [0.1, 0.15) is 67.8 Å². The van der Waals surface area contributed by atoms with Crippen molar-refractivity contribution in [3.63, 3.8) is 0 Å². The van der Waals surface area contributed by atoms with Gasteiger partial charge in [0.15, 0.2) is 0 Å². The topological polar surface area (TPSA) is 103 Å². The fourth-order valence-electron chi connectivity index (χ4n) is 5.17. The van der Waals surface area contributed by atoms with Crippen LogP contribution in [0, 0.1) is 17.1 Å². The molecule has 39 heavy (non-hydrogen) atoms. The molecule has 0 aliphatic heterocycles. The van der Waals surface area contributed by atoms with Crippen molar-refractivity contribution in [1.29, 1.82) is 5.26 Å². The number of nitrogens with one attached hydrogen (secondary N) is 3. The predicted octanol–water partition coefficient (Wildman–Crippen LogP) is 5.56. The molecule has 4 aromatic rings. The van der Waals surface area contributed by atoms with E-state index in [9.17, 15) is 9.65 Å². The van der Waals surface area contributed by atoms with Crippen LogP contribution in [0.4, 0.5) is 15.8 Å². The number of hydrogen-bond acceptors (Lipinski definition) is 7. The van der Waals surface area contributed by atoms with Crippen molar-refractivity contribution in [3.05, 3.63) is 76.5 Å². The van der Waals surface area contributed by atoms with E-state index >= 15 is 0 Å². The van der Waals surface area contributed by atoms with Gasteiger partial charge in [-0.2, -0.15) is 5.26 Å². The Bertz CT molecular complexity index is 1540. The van der Waals surface area contributed by atoms with Gasteiger partial charge in [0.2, 0.25) is 0 Å². The monoisotopic (exact) mass is 540 g/mol. The molecule has 2 saturated carbocycles. The quantitative estimate of drug-likeness (QED) is 0.199. The highest BCUT2D eigenvalue weighted by Crippen LogP contribution is 2.38. The van der Waals surface area contributed by atoms with Gasteiger partial charge in [-0.3, -0.25) is 4.98 Å². The van der Waals surface area contributed by atoms with E-state index in [0.29, 0.717) is 56.2 Å². The zero-order chi connectivity index (χ0) is 27.0. The highest BCUT2D eigenvalue weighted by molar-refractivity contribution is 6.36. The van der Waals surface area contributed by atoms with Gasteiger partial charge in [-0.25, -0.2) is 14.5 Å². The number of fused-ring (bicyclic) bond motifs is 1. The fourth-order valence-corrected chi connectivity index (χ4v) is 5.44. The van der Waals surface area contributed by atoms with E-state index in [4.69, 9.17) is 19.4 Å². The number of pyridine rings is 1. The summed E-state index contributed by atoms with van der Waals surface area (Å²) in [6.07, 6.45) is 11.2. The number of hydrazine groups is 1. The van der Waals surface area contributed by atoms with E-state index in [0.717, 1.165) is 25.7 Å². The molecule has 2 aromatic heterocycles. The molecule has 0 amide bonds. The lowest BCUT2D eigenvalue weighted by atomic mass is 9.69. The van der Waals surface area contributed by atoms with Gasteiger partial charge in [-0.15, -0.1) is 5.10 Å². The van der Waals surface area contributed by atoms with E-state index in [1.807, 2.05) is 16.9 Å². The largest absolute Gasteiger partial charge is 0.378 e. The summed E-state index contributed by atoms with van der Waals surface area (Å²) in [6.45, 7) is 0. The number of halogens is 2. The maximum atomic E-state index is 13.8. The molecule has 2 heterocycles. The lowest BCUT2D eigenvalue weighted by Gasteiger charge is -2.32. The van der Waals surface area contributed by atoms with Crippen LogP contribution in [0.5, 0.6) is 0 Å². The fraction of sp³-hybridized carbons (Fsp3) is 0.357. The van der Waals surface area contributed by atoms with Gasteiger partial charge in [-0.1, -0.05) is 48.2 Å². The maximum absolute atomic E-state index is 13.8. The molecule has 2 radical (unpaired) electrons. The van der Waals surface area contributed by atoms with E-state index in [1.165, 1.54) is 37.6 Å². The Labute approximate surface area is 232 Å². The second-order valence-electron chi connectivity index (χ2n) is 10.4. The predicted molar refractivity (Wildman–Crippen MR) is 150 cm³/mol. The van der Waals surface area contributed by atoms with Gasteiger partial charge >= 0.3 is 0 Å². The molecule has 2 aromatic carbocycles. The number of anilines is 2. The first kappa shape index (κ1) is 25.6. The summed E-state index contributed by atoms with van der Waals surface area (Å²) >= 11 is 6.72. The molecule has 0 spiro atoms. The van der Waals surface area contributed by atoms with Crippen LogP contribution in [0.25, 0.3) is 10.9 Å². The Kier molecular flexibility index (Phi) is 6.87. The van der Waals surface area contributed by atoms with Gasteiger partial charge < -0.3 is 10.7 Å². The van der Waals surface area contributed by atoms with Gasteiger partial charge in [-0.05, 0) is 55.5 Å². The Balaban J connectivity index is 1.40. The second kappa shape index (κ2) is 10.5. The number of benzene rings is 2. The van der Waals surface area contributed by atoms with Crippen LogP contribution in [0.2, 0.25) is 5.02 Å². The van der Waals surface area contributed by atoms with Gasteiger partial charge in [0.1, 0.15) is 25.4 Å². The number of nitrogens with zero attached hydrogens (tertiary/aromatic N) is 5. The van der Waals surface area contributed by atoms with Crippen LogP contribution >= 0.6 is 11.6 Å². The minimum atomic E-state index is -1.34. The van der Waals surface area contributed by atoms with Crippen molar-refractivity contribution in [2.45, 2.75) is 62.5 Å². The first-order valence-corrected chi connectivity index (χ1v) is 13.6. The lowest BCUT2D eigenvalue weighted by Crippen LogP contribution is -2.38. The minimum Gasteiger partial charge on any atom is -0.378 e. The second-order valence-corrected chi connectivity index (χ2v) is 10.8. The van der Waals surface area contributed by atoms with Gasteiger partial charge in [0.05, 0.1) is 39.5 Å². The van der Waals surface area contributed by atoms with Crippen molar-refractivity contribution < 1.29 is 4.39 Å². The summed E-state index contributed by atoms with van der Waals surface area (Å²) in [7, 11) is 7.01.